The smallest absolute Gasteiger partial charge is 0.239 e. The van der Waals surface area contributed by atoms with Crippen LogP contribution in [0.5, 0.6) is 0 Å². The number of hydrogen-bond acceptors (Lipinski definition) is 2. The summed E-state index contributed by atoms with van der Waals surface area (Å²) in [5.74, 6) is 0.689. The van der Waals surface area contributed by atoms with Gasteiger partial charge in [-0.3, -0.25) is 4.79 Å². The number of carbonyl (C=O) groups excluding carboxylic acids is 1. The van der Waals surface area contributed by atoms with Crippen LogP contribution in [-0.2, 0) is 4.79 Å². The highest BCUT2D eigenvalue weighted by Crippen LogP contribution is 2.23. The van der Waals surface area contributed by atoms with Crippen LogP contribution < -0.4 is 5.73 Å². The number of nitrogens with two attached hydrogens (primary N) is 1. The molecule has 0 bridgehead atoms. The Labute approximate surface area is 105 Å². The first-order valence-corrected chi connectivity index (χ1v) is 6.14. The summed E-state index contributed by atoms with van der Waals surface area (Å²) in [6, 6.07) is 0.105. The van der Waals surface area contributed by atoms with Crippen LogP contribution >= 0.6 is 12.4 Å². The van der Waals surface area contributed by atoms with Crippen molar-refractivity contribution >= 4 is 18.3 Å². The van der Waals surface area contributed by atoms with Gasteiger partial charge in [-0.1, -0.05) is 20.8 Å². The average Bonchev–Trinajstić information content (AvgIpc) is 2.27. The second-order valence-corrected chi connectivity index (χ2v) is 4.85. The molecule has 0 spiro atoms. The zero-order chi connectivity index (χ0) is 11.4. The molecule has 0 aliphatic carbocycles. The van der Waals surface area contributed by atoms with Crippen LogP contribution in [0.15, 0.2) is 0 Å². The molecule has 16 heavy (non-hydrogen) atoms. The molecule has 1 rings (SSSR count). The van der Waals surface area contributed by atoms with Gasteiger partial charge in [0.05, 0.1) is 6.04 Å². The molecule has 1 fully saturated rings. The predicted octanol–water partition coefficient (Wildman–Crippen LogP) is 2.18. The van der Waals surface area contributed by atoms with Gasteiger partial charge in [0.2, 0.25) is 5.91 Å². The maximum absolute atomic E-state index is 12.0. The van der Waals surface area contributed by atoms with Gasteiger partial charge in [-0.15, -0.1) is 12.4 Å². The SMILES string of the molecule is CC[C@H](N)C(=O)N1CCCCC1C(C)C.Cl. The number of rotatable bonds is 3. The predicted molar refractivity (Wildman–Crippen MR) is 69.7 cm³/mol. The molecule has 3 nitrogen and oxygen atoms in total. The first-order chi connectivity index (χ1) is 7.07. The lowest BCUT2D eigenvalue weighted by Gasteiger charge is -2.39. The third kappa shape index (κ3) is 3.63. The Kier molecular flexibility index (Phi) is 7.00. The number of piperidine rings is 1. The van der Waals surface area contributed by atoms with Gasteiger partial charge in [0.1, 0.15) is 0 Å². The lowest BCUT2D eigenvalue weighted by molar-refractivity contribution is -0.137. The first kappa shape index (κ1) is 15.7. The lowest BCUT2D eigenvalue weighted by Crippen LogP contribution is -2.52. The molecule has 1 amide bonds. The van der Waals surface area contributed by atoms with Crippen molar-refractivity contribution in [3.63, 3.8) is 0 Å². The highest BCUT2D eigenvalue weighted by atomic mass is 35.5. The number of nitrogens with zero attached hydrogens (tertiary/aromatic N) is 1. The van der Waals surface area contributed by atoms with E-state index in [1.807, 2.05) is 11.8 Å². The van der Waals surface area contributed by atoms with Crippen LogP contribution in [0.3, 0.4) is 0 Å². The molecule has 4 heteroatoms. The standard InChI is InChI=1S/C12H24N2O.ClH/c1-4-10(13)12(15)14-8-6-5-7-11(14)9(2)3;/h9-11H,4-8,13H2,1-3H3;1H/t10-,11?;/m0./s1. The van der Waals surface area contributed by atoms with Gasteiger partial charge in [-0.05, 0) is 31.6 Å². The molecule has 0 aromatic rings. The van der Waals surface area contributed by atoms with E-state index < -0.39 is 0 Å². The number of amides is 1. The largest absolute Gasteiger partial charge is 0.338 e. The summed E-state index contributed by atoms with van der Waals surface area (Å²) < 4.78 is 0. The normalized spacial score (nSPS) is 22.8. The van der Waals surface area contributed by atoms with E-state index in [1.165, 1.54) is 6.42 Å². The van der Waals surface area contributed by atoms with E-state index in [1.54, 1.807) is 0 Å². The number of halogens is 1. The Bertz CT molecular complexity index is 221. The topological polar surface area (TPSA) is 46.3 Å². The Morgan fingerprint density at radius 3 is 2.56 bits per heavy atom. The lowest BCUT2D eigenvalue weighted by atomic mass is 9.92. The fourth-order valence-corrected chi connectivity index (χ4v) is 2.31. The van der Waals surface area contributed by atoms with Crippen molar-refractivity contribution in [1.29, 1.82) is 0 Å². The van der Waals surface area contributed by atoms with Crippen molar-refractivity contribution in [2.24, 2.45) is 11.7 Å². The Balaban J connectivity index is 0.00000225. The van der Waals surface area contributed by atoms with Crippen molar-refractivity contribution in [3.8, 4) is 0 Å². The maximum Gasteiger partial charge on any atom is 0.239 e. The number of likely N-dealkylation sites (tertiary alicyclic amines) is 1. The first-order valence-electron chi connectivity index (χ1n) is 6.14. The molecule has 1 heterocycles. The van der Waals surface area contributed by atoms with Gasteiger partial charge in [0.15, 0.2) is 0 Å². The summed E-state index contributed by atoms with van der Waals surface area (Å²) in [4.78, 5) is 14.1. The maximum atomic E-state index is 12.0. The zero-order valence-corrected chi connectivity index (χ0v) is 11.4. The Morgan fingerprint density at radius 2 is 2.06 bits per heavy atom. The molecule has 0 radical (unpaired) electrons. The van der Waals surface area contributed by atoms with Crippen LogP contribution in [0.1, 0.15) is 46.5 Å². The summed E-state index contributed by atoms with van der Waals surface area (Å²) in [6.07, 6.45) is 4.25. The summed E-state index contributed by atoms with van der Waals surface area (Å²) in [5.41, 5.74) is 5.82. The molecule has 1 aliphatic rings. The zero-order valence-electron chi connectivity index (χ0n) is 10.6. The summed E-state index contributed by atoms with van der Waals surface area (Å²) in [7, 11) is 0. The highest BCUT2D eigenvalue weighted by Gasteiger charge is 2.30. The highest BCUT2D eigenvalue weighted by molar-refractivity contribution is 5.85. The van der Waals surface area contributed by atoms with Gasteiger partial charge >= 0.3 is 0 Å². The second kappa shape index (κ2) is 7.13. The minimum absolute atomic E-state index is 0. The molecule has 2 N–H and O–H groups in total. The minimum Gasteiger partial charge on any atom is -0.338 e. The Hall–Kier alpha value is -0.280. The Morgan fingerprint density at radius 1 is 1.44 bits per heavy atom. The van der Waals surface area contributed by atoms with Crippen molar-refractivity contribution < 1.29 is 4.79 Å². The summed E-state index contributed by atoms with van der Waals surface area (Å²) in [6.45, 7) is 7.24. The van der Waals surface area contributed by atoms with Gasteiger partial charge in [-0.25, -0.2) is 0 Å². The van der Waals surface area contributed by atoms with Gasteiger partial charge in [0, 0.05) is 12.6 Å². The van der Waals surface area contributed by atoms with Crippen molar-refractivity contribution in [2.45, 2.75) is 58.5 Å². The monoisotopic (exact) mass is 248 g/mol. The minimum atomic E-state index is -0.302. The second-order valence-electron chi connectivity index (χ2n) is 4.85. The molecular weight excluding hydrogens is 224 g/mol. The molecule has 1 saturated heterocycles. The molecule has 1 unspecified atom stereocenters. The van der Waals surface area contributed by atoms with E-state index in [4.69, 9.17) is 5.73 Å². The van der Waals surface area contributed by atoms with E-state index in [9.17, 15) is 4.79 Å². The molecule has 2 atom stereocenters. The van der Waals surface area contributed by atoms with Crippen molar-refractivity contribution in [1.82, 2.24) is 4.90 Å². The van der Waals surface area contributed by atoms with Crippen LogP contribution in [0, 0.1) is 5.92 Å². The average molecular weight is 249 g/mol. The summed E-state index contributed by atoms with van der Waals surface area (Å²) >= 11 is 0. The van der Waals surface area contributed by atoms with Crippen molar-refractivity contribution in [3.05, 3.63) is 0 Å². The molecule has 1 aliphatic heterocycles. The van der Waals surface area contributed by atoms with Gasteiger partial charge < -0.3 is 10.6 Å². The van der Waals surface area contributed by atoms with E-state index in [-0.39, 0.29) is 24.4 Å². The number of carbonyl (C=O) groups is 1. The third-order valence-corrected chi connectivity index (χ3v) is 3.36. The van der Waals surface area contributed by atoms with E-state index in [2.05, 4.69) is 13.8 Å². The van der Waals surface area contributed by atoms with Crippen molar-refractivity contribution in [2.75, 3.05) is 6.54 Å². The van der Waals surface area contributed by atoms with Gasteiger partial charge in [0.25, 0.3) is 0 Å². The molecule has 96 valence electrons. The third-order valence-electron chi connectivity index (χ3n) is 3.36. The van der Waals surface area contributed by atoms with Gasteiger partial charge in [-0.2, -0.15) is 0 Å². The quantitative estimate of drug-likeness (QED) is 0.832. The molecule has 0 aromatic heterocycles. The molecular formula is C12H25ClN2O. The molecule has 0 aromatic carbocycles. The van der Waals surface area contributed by atoms with E-state index in [0.717, 1.165) is 25.8 Å². The summed E-state index contributed by atoms with van der Waals surface area (Å²) in [5, 5.41) is 0. The fraction of sp³-hybridized carbons (Fsp3) is 0.917. The van der Waals surface area contributed by atoms with Crippen LogP contribution in [0.2, 0.25) is 0 Å². The van der Waals surface area contributed by atoms with Crippen LogP contribution in [0.4, 0.5) is 0 Å². The van der Waals surface area contributed by atoms with E-state index >= 15 is 0 Å². The van der Waals surface area contributed by atoms with Crippen LogP contribution in [0.25, 0.3) is 0 Å². The van der Waals surface area contributed by atoms with E-state index in [0.29, 0.717) is 12.0 Å². The van der Waals surface area contributed by atoms with Crippen LogP contribution in [-0.4, -0.2) is 29.4 Å². The fourth-order valence-electron chi connectivity index (χ4n) is 2.31. The molecule has 0 saturated carbocycles. The number of hydrogen-bond donors (Lipinski definition) is 1.